The van der Waals surface area contributed by atoms with Gasteiger partial charge in [-0.05, 0) is 48.2 Å². The predicted molar refractivity (Wildman–Crippen MR) is 123 cm³/mol. The van der Waals surface area contributed by atoms with Gasteiger partial charge in [-0.15, -0.1) is 31.7 Å². The number of aromatic nitrogens is 5. The van der Waals surface area contributed by atoms with Crippen LogP contribution in [-0.2, 0) is 6.54 Å². The smallest absolute Gasteiger partial charge is 0.257 e. The molecule has 2 aromatic carbocycles. The van der Waals surface area contributed by atoms with Crippen molar-refractivity contribution in [2.45, 2.75) is 23.9 Å². The van der Waals surface area contributed by atoms with Gasteiger partial charge in [0, 0.05) is 5.56 Å². The summed E-state index contributed by atoms with van der Waals surface area (Å²) in [6.07, 6.45) is 0. The zero-order valence-corrected chi connectivity index (χ0v) is 18.7. The van der Waals surface area contributed by atoms with Crippen LogP contribution in [0.15, 0.2) is 81.7 Å². The van der Waals surface area contributed by atoms with E-state index in [1.807, 2.05) is 47.2 Å². The van der Waals surface area contributed by atoms with Crippen LogP contribution in [0.4, 0.5) is 4.39 Å². The van der Waals surface area contributed by atoms with Gasteiger partial charge in [-0.1, -0.05) is 48.2 Å². The van der Waals surface area contributed by atoms with Crippen molar-refractivity contribution in [3.05, 3.63) is 89.4 Å². The van der Waals surface area contributed by atoms with Crippen LogP contribution in [-0.4, -0.2) is 25.0 Å². The second-order valence-electron chi connectivity index (χ2n) is 7.07. The Morgan fingerprint density at radius 3 is 2.53 bits per heavy atom. The van der Waals surface area contributed by atoms with Crippen LogP contribution in [0.5, 0.6) is 0 Å². The number of hydrogen-bond acceptors (Lipinski definition) is 7. The van der Waals surface area contributed by atoms with Crippen LogP contribution in [0.25, 0.3) is 22.2 Å². The fraction of sp³-hybridized carbons (Fsp3) is 0.130. The highest BCUT2D eigenvalue weighted by molar-refractivity contribution is 7.99. The van der Waals surface area contributed by atoms with E-state index >= 15 is 0 Å². The van der Waals surface area contributed by atoms with Crippen molar-refractivity contribution in [2.24, 2.45) is 0 Å². The molecular formula is C23H18FN5OS2. The van der Waals surface area contributed by atoms with Gasteiger partial charge >= 0.3 is 0 Å². The third-order valence-corrected chi connectivity index (χ3v) is 6.73. The van der Waals surface area contributed by atoms with Crippen LogP contribution in [0.3, 0.4) is 0 Å². The molecule has 3 heterocycles. The number of thiophene rings is 1. The average molecular weight is 464 g/mol. The second-order valence-corrected chi connectivity index (χ2v) is 9.32. The van der Waals surface area contributed by atoms with Crippen molar-refractivity contribution in [1.29, 1.82) is 0 Å². The van der Waals surface area contributed by atoms with E-state index < -0.39 is 0 Å². The third kappa shape index (κ3) is 4.35. The number of halogens is 1. The van der Waals surface area contributed by atoms with E-state index in [1.54, 1.807) is 23.5 Å². The molecule has 1 atom stereocenters. The highest BCUT2D eigenvalue weighted by atomic mass is 32.2. The van der Waals surface area contributed by atoms with Crippen LogP contribution in [0.2, 0.25) is 0 Å². The van der Waals surface area contributed by atoms with Gasteiger partial charge in [0.1, 0.15) is 5.82 Å². The molecule has 0 aliphatic rings. The molecule has 3 aromatic heterocycles. The molecular weight excluding hydrogens is 445 g/mol. The normalized spacial score (nSPS) is 12.2. The van der Waals surface area contributed by atoms with Crippen LogP contribution < -0.4 is 0 Å². The lowest BCUT2D eigenvalue weighted by Gasteiger charge is -2.12. The van der Waals surface area contributed by atoms with Crippen LogP contribution in [0, 0.1) is 5.82 Å². The van der Waals surface area contributed by atoms with Crippen LogP contribution in [0.1, 0.15) is 23.6 Å². The van der Waals surface area contributed by atoms with Gasteiger partial charge < -0.3 is 4.42 Å². The van der Waals surface area contributed by atoms with Crippen molar-refractivity contribution in [3.63, 3.8) is 0 Å². The Morgan fingerprint density at radius 1 is 0.969 bits per heavy atom. The Hall–Kier alpha value is -3.30. The first-order valence-corrected chi connectivity index (χ1v) is 11.7. The molecule has 0 aliphatic heterocycles. The quantitative estimate of drug-likeness (QED) is 0.272. The molecule has 0 saturated heterocycles. The van der Waals surface area contributed by atoms with Crippen molar-refractivity contribution >= 4 is 23.1 Å². The lowest BCUT2D eigenvalue weighted by atomic mass is 10.2. The van der Waals surface area contributed by atoms with Gasteiger partial charge in [0.2, 0.25) is 5.89 Å². The largest absolute Gasteiger partial charge is 0.419 e. The molecule has 0 amide bonds. The maximum atomic E-state index is 13.4. The number of rotatable bonds is 7. The molecule has 0 saturated carbocycles. The minimum atomic E-state index is -0.288. The molecule has 0 aliphatic carbocycles. The number of thioether (sulfide) groups is 1. The number of hydrogen-bond donors (Lipinski definition) is 0. The molecule has 5 rings (SSSR count). The van der Waals surface area contributed by atoms with E-state index in [-0.39, 0.29) is 11.1 Å². The van der Waals surface area contributed by atoms with E-state index in [4.69, 9.17) is 4.42 Å². The number of benzene rings is 2. The van der Waals surface area contributed by atoms with Gasteiger partial charge in [0.15, 0.2) is 11.0 Å². The van der Waals surface area contributed by atoms with E-state index in [0.29, 0.717) is 24.2 Å². The van der Waals surface area contributed by atoms with Gasteiger partial charge in [-0.3, -0.25) is 4.57 Å². The molecule has 0 spiro atoms. The lowest BCUT2D eigenvalue weighted by molar-refractivity contribution is 0.509. The molecule has 1 unspecified atom stereocenters. The first-order chi connectivity index (χ1) is 15.7. The monoisotopic (exact) mass is 463 g/mol. The summed E-state index contributed by atoms with van der Waals surface area (Å²) in [6, 6.07) is 20.3. The van der Waals surface area contributed by atoms with E-state index in [9.17, 15) is 4.39 Å². The summed E-state index contributed by atoms with van der Waals surface area (Å²) in [5.41, 5.74) is 1.91. The summed E-state index contributed by atoms with van der Waals surface area (Å²) in [5, 5.41) is 19.8. The summed E-state index contributed by atoms with van der Waals surface area (Å²) in [4.78, 5) is 0.937. The minimum Gasteiger partial charge on any atom is -0.419 e. The summed E-state index contributed by atoms with van der Waals surface area (Å²) < 4.78 is 21.4. The molecule has 160 valence electrons. The fourth-order valence-corrected chi connectivity index (χ4v) is 4.73. The highest BCUT2D eigenvalue weighted by Crippen LogP contribution is 2.36. The molecule has 5 aromatic rings. The van der Waals surface area contributed by atoms with Gasteiger partial charge in [0.25, 0.3) is 5.89 Å². The van der Waals surface area contributed by atoms with Crippen molar-refractivity contribution < 1.29 is 8.81 Å². The molecule has 0 bridgehead atoms. The molecule has 0 N–H and O–H groups in total. The van der Waals surface area contributed by atoms with Crippen LogP contribution >= 0.6 is 23.1 Å². The Kier molecular flexibility index (Phi) is 5.83. The van der Waals surface area contributed by atoms with Gasteiger partial charge in [0.05, 0.1) is 16.7 Å². The second kappa shape index (κ2) is 9.05. The first-order valence-electron chi connectivity index (χ1n) is 9.94. The Labute approximate surface area is 192 Å². The topological polar surface area (TPSA) is 69.6 Å². The van der Waals surface area contributed by atoms with Gasteiger partial charge in [-0.25, -0.2) is 4.39 Å². The maximum Gasteiger partial charge on any atom is 0.257 e. The molecule has 32 heavy (non-hydrogen) atoms. The standard InChI is InChI=1S/C23H18FN5OS2/c1-15(21-26-27-22(30-21)19-8-5-13-31-19)32-23-28-25-20(17-9-11-18(24)12-10-17)29(23)14-16-6-3-2-4-7-16/h2-13,15H,14H2,1H3. The van der Waals surface area contributed by atoms with Gasteiger partial charge in [-0.2, -0.15) is 0 Å². The summed E-state index contributed by atoms with van der Waals surface area (Å²) >= 11 is 3.05. The summed E-state index contributed by atoms with van der Waals surface area (Å²) in [6.45, 7) is 2.58. The fourth-order valence-electron chi connectivity index (χ4n) is 3.20. The Morgan fingerprint density at radius 2 is 1.78 bits per heavy atom. The Balaban J connectivity index is 1.45. The Bertz CT molecular complexity index is 1300. The van der Waals surface area contributed by atoms with Crippen molar-refractivity contribution in [1.82, 2.24) is 25.0 Å². The molecule has 0 radical (unpaired) electrons. The minimum absolute atomic E-state index is 0.129. The average Bonchev–Trinajstić information content (AvgIpc) is 3.57. The van der Waals surface area contributed by atoms with Crippen molar-refractivity contribution in [3.8, 4) is 22.2 Å². The maximum absolute atomic E-state index is 13.4. The van der Waals surface area contributed by atoms with E-state index in [0.717, 1.165) is 21.2 Å². The predicted octanol–water partition coefficient (Wildman–Crippen LogP) is 6.10. The molecule has 6 nitrogen and oxygen atoms in total. The summed E-state index contributed by atoms with van der Waals surface area (Å²) in [7, 11) is 0. The third-order valence-electron chi connectivity index (χ3n) is 4.81. The highest BCUT2D eigenvalue weighted by Gasteiger charge is 2.22. The summed E-state index contributed by atoms with van der Waals surface area (Å²) in [5.74, 6) is 1.42. The lowest BCUT2D eigenvalue weighted by Crippen LogP contribution is -2.05. The zero-order chi connectivity index (χ0) is 21.9. The molecule has 9 heteroatoms. The number of nitrogens with zero attached hydrogens (tertiary/aromatic N) is 5. The zero-order valence-electron chi connectivity index (χ0n) is 17.1. The van der Waals surface area contributed by atoms with E-state index in [1.165, 1.54) is 23.9 Å². The van der Waals surface area contributed by atoms with Crippen molar-refractivity contribution in [2.75, 3.05) is 0 Å². The molecule has 0 fully saturated rings. The first kappa shape index (κ1) is 20.6. The van der Waals surface area contributed by atoms with E-state index in [2.05, 4.69) is 32.5 Å². The SMILES string of the molecule is CC(Sc1nnc(-c2ccc(F)cc2)n1Cc1ccccc1)c1nnc(-c2cccs2)o1.